The van der Waals surface area contributed by atoms with E-state index in [2.05, 4.69) is 21.2 Å². The minimum absolute atomic E-state index is 0.0193. The molecule has 0 heterocycles. The molecule has 1 atom stereocenters. The molecule has 0 aliphatic heterocycles. The predicted octanol–water partition coefficient (Wildman–Crippen LogP) is 5.48. The molecule has 168 valence electrons. The third kappa shape index (κ3) is 6.19. The maximum atomic E-state index is 13.4. The van der Waals surface area contributed by atoms with E-state index in [9.17, 15) is 13.2 Å². The van der Waals surface area contributed by atoms with Crippen molar-refractivity contribution in [1.82, 2.24) is 9.62 Å². The van der Waals surface area contributed by atoms with Gasteiger partial charge in [-0.25, -0.2) is 8.42 Å². The van der Waals surface area contributed by atoms with Crippen molar-refractivity contribution in [2.75, 3.05) is 6.54 Å². The molecular formula is C24H24BrClN2O3S. The topological polar surface area (TPSA) is 66.5 Å². The summed E-state index contributed by atoms with van der Waals surface area (Å²) in [5.74, 6) is -0.403. The number of benzene rings is 3. The molecule has 3 aromatic carbocycles. The highest BCUT2D eigenvalue weighted by atomic mass is 79.9. The summed E-state index contributed by atoms with van der Waals surface area (Å²) in [5.41, 5.74) is 2.48. The molecule has 0 fully saturated rings. The van der Waals surface area contributed by atoms with Crippen LogP contribution in [0.3, 0.4) is 0 Å². The van der Waals surface area contributed by atoms with Gasteiger partial charge in [0, 0.05) is 16.0 Å². The summed E-state index contributed by atoms with van der Waals surface area (Å²) in [5, 5.41) is 3.33. The Morgan fingerprint density at radius 2 is 1.75 bits per heavy atom. The van der Waals surface area contributed by atoms with E-state index in [4.69, 9.17) is 11.6 Å². The van der Waals surface area contributed by atoms with Crippen LogP contribution in [0.2, 0.25) is 5.02 Å². The molecule has 0 saturated carbocycles. The van der Waals surface area contributed by atoms with Gasteiger partial charge in [0.05, 0.1) is 17.5 Å². The van der Waals surface area contributed by atoms with Crippen LogP contribution < -0.4 is 5.32 Å². The molecule has 0 aliphatic carbocycles. The van der Waals surface area contributed by atoms with Crippen molar-refractivity contribution in [2.24, 2.45) is 0 Å². The van der Waals surface area contributed by atoms with E-state index in [-0.39, 0.29) is 24.0 Å². The number of sulfonamides is 1. The van der Waals surface area contributed by atoms with Crippen molar-refractivity contribution < 1.29 is 13.2 Å². The van der Waals surface area contributed by atoms with Crippen LogP contribution in [0.15, 0.2) is 82.2 Å². The monoisotopic (exact) mass is 534 g/mol. The first kappa shape index (κ1) is 24.5. The molecular weight excluding hydrogens is 512 g/mol. The van der Waals surface area contributed by atoms with Gasteiger partial charge < -0.3 is 5.32 Å². The summed E-state index contributed by atoms with van der Waals surface area (Å²) in [6.45, 7) is 3.38. The van der Waals surface area contributed by atoms with E-state index in [1.54, 1.807) is 48.5 Å². The summed E-state index contributed by atoms with van der Waals surface area (Å²) in [6.07, 6.45) is 0. The van der Waals surface area contributed by atoms with Gasteiger partial charge in [-0.1, -0.05) is 75.6 Å². The molecule has 3 rings (SSSR count). The number of rotatable bonds is 8. The highest BCUT2D eigenvalue weighted by molar-refractivity contribution is 9.10. The molecule has 3 aromatic rings. The van der Waals surface area contributed by atoms with Crippen molar-refractivity contribution >= 4 is 43.5 Å². The Balaban J connectivity index is 1.85. The average molecular weight is 536 g/mol. The molecule has 1 N–H and O–H groups in total. The van der Waals surface area contributed by atoms with Gasteiger partial charge in [-0.2, -0.15) is 4.31 Å². The van der Waals surface area contributed by atoms with Gasteiger partial charge in [0.1, 0.15) is 0 Å². The van der Waals surface area contributed by atoms with Gasteiger partial charge in [0.15, 0.2) is 0 Å². The van der Waals surface area contributed by atoms with Crippen molar-refractivity contribution in [2.45, 2.75) is 31.3 Å². The van der Waals surface area contributed by atoms with Crippen molar-refractivity contribution in [3.8, 4) is 0 Å². The second kappa shape index (κ2) is 10.6. The van der Waals surface area contributed by atoms with Crippen LogP contribution in [0, 0.1) is 6.92 Å². The molecule has 5 nitrogen and oxygen atoms in total. The summed E-state index contributed by atoms with van der Waals surface area (Å²) < 4.78 is 28.8. The number of carbonyl (C=O) groups is 1. The van der Waals surface area contributed by atoms with Gasteiger partial charge >= 0.3 is 0 Å². The predicted molar refractivity (Wildman–Crippen MR) is 131 cm³/mol. The second-order valence-electron chi connectivity index (χ2n) is 7.52. The number of amides is 1. The number of hydrogen-bond donors (Lipinski definition) is 1. The van der Waals surface area contributed by atoms with Gasteiger partial charge in [0.25, 0.3) is 0 Å². The molecule has 0 saturated heterocycles. The number of hydrogen-bond acceptors (Lipinski definition) is 3. The first-order valence-electron chi connectivity index (χ1n) is 10.0. The quantitative estimate of drug-likeness (QED) is 0.415. The van der Waals surface area contributed by atoms with E-state index in [0.29, 0.717) is 10.6 Å². The first-order chi connectivity index (χ1) is 15.2. The highest BCUT2D eigenvalue weighted by Gasteiger charge is 2.28. The van der Waals surface area contributed by atoms with E-state index < -0.39 is 15.9 Å². The van der Waals surface area contributed by atoms with Crippen LogP contribution in [-0.4, -0.2) is 25.2 Å². The van der Waals surface area contributed by atoms with Crippen LogP contribution in [0.25, 0.3) is 0 Å². The fourth-order valence-corrected chi connectivity index (χ4v) is 5.20. The van der Waals surface area contributed by atoms with Gasteiger partial charge in [-0.15, -0.1) is 0 Å². The lowest BCUT2D eigenvalue weighted by Crippen LogP contribution is -2.41. The largest absolute Gasteiger partial charge is 0.348 e. The van der Waals surface area contributed by atoms with Crippen LogP contribution in [-0.2, 0) is 21.4 Å². The molecule has 0 radical (unpaired) electrons. The average Bonchev–Trinajstić information content (AvgIpc) is 2.75. The minimum atomic E-state index is -3.93. The first-order valence-corrected chi connectivity index (χ1v) is 12.6. The molecule has 1 amide bonds. The van der Waals surface area contributed by atoms with Crippen LogP contribution in [0.4, 0.5) is 0 Å². The summed E-state index contributed by atoms with van der Waals surface area (Å²) in [4.78, 5) is 13.0. The van der Waals surface area contributed by atoms with Gasteiger partial charge in [-0.3, -0.25) is 4.79 Å². The summed E-state index contributed by atoms with van der Waals surface area (Å²) in [7, 11) is -3.93. The molecule has 8 heteroatoms. The Labute approximate surface area is 202 Å². The molecule has 1 unspecified atom stereocenters. The lowest BCUT2D eigenvalue weighted by Gasteiger charge is -2.24. The third-order valence-electron chi connectivity index (χ3n) is 5.01. The van der Waals surface area contributed by atoms with Crippen LogP contribution in [0.1, 0.15) is 29.7 Å². The number of nitrogens with one attached hydrogen (secondary N) is 1. The van der Waals surface area contributed by atoms with E-state index >= 15 is 0 Å². The lowest BCUT2D eigenvalue weighted by molar-refractivity contribution is -0.122. The van der Waals surface area contributed by atoms with Gasteiger partial charge in [-0.05, 0) is 55.3 Å². The lowest BCUT2D eigenvalue weighted by atomic mass is 10.1. The molecule has 0 spiro atoms. The Bertz CT molecular complexity index is 1200. The zero-order chi connectivity index (χ0) is 23.3. The standard InChI is InChI=1S/C24H24BrClN2O3S/c1-17-10-12-22(13-11-17)32(30,31)28(15-20-6-3-4-9-23(20)26)16-24(29)27-18(2)19-7-5-8-21(25)14-19/h3-14,18H,15-16H2,1-2H3,(H,27,29). The van der Waals surface area contributed by atoms with E-state index in [0.717, 1.165) is 19.9 Å². The normalized spacial score (nSPS) is 12.5. The minimum Gasteiger partial charge on any atom is -0.348 e. The van der Waals surface area contributed by atoms with Crippen molar-refractivity contribution in [3.63, 3.8) is 0 Å². The second-order valence-corrected chi connectivity index (χ2v) is 10.8. The Morgan fingerprint density at radius 3 is 2.41 bits per heavy atom. The Kier molecular flexibility index (Phi) is 8.11. The molecule has 0 aromatic heterocycles. The molecule has 0 aliphatic rings. The fourth-order valence-electron chi connectivity index (χ4n) is 3.21. The molecule has 0 bridgehead atoms. The number of carbonyl (C=O) groups excluding carboxylic acids is 1. The SMILES string of the molecule is Cc1ccc(S(=O)(=O)N(CC(=O)NC(C)c2cccc(Br)c2)Cc2ccccc2Cl)cc1. The maximum Gasteiger partial charge on any atom is 0.243 e. The van der Waals surface area contributed by atoms with Gasteiger partial charge in [0.2, 0.25) is 15.9 Å². The smallest absolute Gasteiger partial charge is 0.243 e. The van der Waals surface area contributed by atoms with E-state index in [1.807, 2.05) is 38.1 Å². The van der Waals surface area contributed by atoms with Crippen LogP contribution in [0.5, 0.6) is 0 Å². The summed E-state index contributed by atoms with van der Waals surface area (Å²) >= 11 is 9.70. The van der Waals surface area contributed by atoms with Crippen molar-refractivity contribution in [3.05, 3.63) is 99.0 Å². The summed E-state index contributed by atoms with van der Waals surface area (Å²) in [6, 6.07) is 20.9. The van der Waals surface area contributed by atoms with Crippen LogP contribution >= 0.6 is 27.5 Å². The zero-order valence-electron chi connectivity index (χ0n) is 17.8. The Morgan fingerprint density at radius 1 is 1.06 bits per heavy atom. The highest BCUT2D eigenvalue weighted by Crippen LogP contribution is 2.23. The number of aryl methyl sites for hydroxylation is 1. The molecule has 32 heavy (non-hydrogen) atoms. The number of nitrogens with zero attached hydrogens (tertiary/aromatic N) is 1. The zero-order valence-corrected chi connectivity index (χ0v) is 20.9. The maximum absolute atomic E-state index is 13.4. The third-order valence-corrected chi connectivity index (χ3v) is 7.68. The Hall–Kier alpha value is -2.19. The van der Waals surface area contributed by atoms with E-state index in [1.165, 1.54) is 0 Å². The number of halogens is 2. The van der Waals surface area contributed by atoms with Crippen molar-refractivity contribution in [1.29, 1.82) is 0 Å². The fraction of sp³-hybridized carbons (Fsp3) is 0.208.